The van der Waals surface area contributed by atoms with Gasteiger partial charge in [-0.25, -0.2) is 13.2 Å². The van der Waals surface area contributed by atoms with Crippen LogP contribution in [0.25, 0.3) is 11.1 Å². The van der Waals surface area contributed by atoms with Gasteiger partial charge in [-0.15, -0.1) is 0 Å². The molecule has 3 atom stereocenters. The molecule has 2 heterocycles. The number of hydrogen-bond donors (Lipinski definition) is 3. The van der Waals surface area contributed by atoms with Gasteiger partial charge in [-0.3, -0.25) is 19.7 Å². The Hall–Kier alpha value is -7.29. The number of nitrogens with zero attached hydrogens (tertiary/aromatic N) is 3. The molecule has 6 aromatic rings. The Balaban J connectivity index is 1.04. The number of carbonyl (C=O) groups is 3. The summed E-state index contributed by atoms with van der Waals surface area (Å²) in [7, 11) is -4.65. The molecule has 0 saturated carbocycles. The lowest BCUT2D eigenvalue weighted by atomic mass is 9.93. The SMILES string of the molecule is N#Cc1ccc(-c2ccc(CC(NC(=O)[C@@H]3Cc4cc5c(cc4CN3S(=O)(=O)c3cccc([N+](=O)[O-])c3)O[C@@H](c3ccc(OCc4ccc(Cl)c(Cl)c4)cc3)C(=O)N5)C(=O)O)cc2)cc1. The molecule has 328 valence electrons. The molecule has 18 heteroatoms. The van der Waals surface area contributed by atoms with Crippen molar-refractivity contribution >= 4 is 62.4 Å². The van der Waals surface area contributed by atoms with Crippen LogP contribution >= 0.6 is 23.2 Å². The van der Waals surface area contributed by atoms with Gasteiger partial charge in [0.05, 0.1) is 37.2 Å². The van der Waals surface area contributed by atoms with Crippen LogP contribution in [0.1, 0.15) is 39.5 Å². The summed E-state index contributed by atoms with van der Waals surface area (Å²) in [5.41, 5.74) is 4.68. The van der Waals surface area contributed by atoms with Crippen LogP contribution < -0.4 is 20.1 Å². The van der Waals surface area contributed by atoms with Crippen molar-refractivity contribution in [2.24, 2.45) is 0 Å². The molecule has 0 fully saturated rings. The lowest BCUT2D eigenvalue weighted by Gasteiger charge is -2.36. The number of nitriles is 1. The van der Waals surface area contributed by atoms with Crippen LogP contribution in [0.4, 0.5) is 11.4 Å². The monoisotopic (exact) mass is 931 g/mol. The molecule has 8 rings (SSSR count). The van der Waals surface area contributed by atoms with Gasteiger partial charge in [-0.05, 0) is 94.4 Å². The molecule has 15 nitrogen and oxygen atoms in total. The molecule has 0 bridgehead atoms. The van der Waals surface area contributed by atoms with Crippen LogP contribution in [0.5, 0.6) is 11.5 Å². The second kappa shape index (κ2) is 18.4. The summed E-state index contributed by atoms with van der Waals surface area (Å²) >= 11 is 12.1. The van der Waals surface area contributed by atoms with E-state index in [9.17, 15) is 38.0 Å². The van der Waals surface area contributed by atoms with Crippen molar-refractivity contribution in [1.82, 2.24) is 9.62 Å². The number of amides is 2. The topological polar surface area (TPSA) is 218 Å². The van der Waals surface area contributed by atoms with Crippen LogP contribution in [0, 0.1) is 21.4 Å². The summed E-state index contributed by atoms with van der Waals surface area (Å²) in [6.07, 6.45) is -1.50. The van der Waals surface area contributed by atoms with Gasteiger partial charge in [0, 0.05) is 30.7 Å². The number of fused-ring (bicyclic) bond motifs is 2. The van der Waals surface area contributed by atoms with Gasteiger partial charge in [0.15, 0.2) is 0 Å². The molecule has 0 spiro atoms. The molecular formula is C47H35Cl2N5O10S. The highest BCUT2D eigenvalue weighted by Crippen LogP contribution is 2.41. The van der Waals surface area contributed by atoms with E-state index in [-0.39, 0.29) is 30.9 Å². The third kappa shape index (κ3) is 9.64. The minimum Gasteiger partial charge on any atom is -0.489 e. The van der Waals surface area contributed by atoms with Crippen molar-refractivity contribution in [2.45, 2.75) is 49.1 Å². The molecule has 2 aliphatic rings. The van der Waals surface area contributed by atoms with E-state index >= 15 is 0 Å². The fourth-order valence-electron chi connectivity index (χ4n) is 7.56. The quantitative estimate of drug-likeness (QED) is 0.0744. The molecule has 6 aromatic carbocycles. The molecule has 0 radical (unpaired) electrons. The van der Waals surface area contributed by atoms with E-state index in [2.05, 4.69) is 16.7 Å². The number of ether oxygens (including phenoxy) is 2. The Bertz CT molecular complexity index is 3020. The van der Waals surface area contributed by atoms with E-state index in [0.717, 1.165) is 33.1 Å². The zero-order valence-electron chi connectivity index (χ0n) is 33.8. The smallest absolute Gasteiger partial charge is 0.326 e. The lowest BCUT2D eigenvalue weighted by molar-refractivity contribution is -0.385. The number of non-ortho nitro benzene ring substituents is 1. The average Bonchev–Trinajstić information content (AvgIpc) is 3.31. The number of rotatable bonds is 13. The summed E-state index contributed by atoms with van der Waals surface area (Å²) in [5, 5.41) is 37.2. The van der Waals surface area contributed by atoms with Gasteiger partial charge in [0.25, 0.3) is 11.6 Å². The number of hydrogen-bond acceptors (Lipinski definition) is 10. The molecule has 3 N–H and O–H groups in total. The zero-order valence-corrected chi connectivity index (χ0v) is 36.1. The van der Waals surface area contributed by atoms with Gasteiger partial charge in [-0.2, -0.15) is 9.57 Å². The number of carboxylic acid groups (broad SMARTS) is 1. The van der Waals surface area contributed by atoms with Gasteiger partial charge in [-0.1, -0.05) is 83.9 Å². The predicted molar refractivity (Wildman–Crippen MR) is 239 cm³/mol. The number of nitro benzene ring substituents is 1. The van der Waals surface area contributed by atoms with Crippen LogP contribution in [-0.4, -0.2) is 52.6 Å². The highest BCUT2D eigenvalue weighted by atomic mass is 35.5. The number of carboxylic acids is 1. The Morgan fingerprint density at radius 2 is 1.62 bits per heavy atom. The van der Waals surface area contributed by atoms with Crippen molar-refractivity contribution < 1.29 is 42.3 Å². The van der Waals surface area contributed by atoms with E-state index in [0.29, 0.717) is 43.6 Å². The van der Waals surface area contributed by atoms with Gasteiger partial charge in [0.2, 0.25) is 22.0 Å². The van der Waals surface area contributed by atoms with E-state index in [1.807, 2.05) is 0 Å². The number of nitro groups is 1. The van der Waals surface area contributed by atoms with Crippen molar-refractivity contribution in [1.29, 1.82) is 5.26 Å². The highest BCUT2D eigenvalue weighted by Gasteiger charge is 2.42. The Labute approximate surface area is 381 Å². The molecule has 2 amide bonds. The minimum absolute atomic E-state index is 0.151. The maximum Gasteiger partial charge on any atom is 0.326 e. The van der Waals surface area contributed by atoms with E-state index in [4.69, 9.17) is 37.9 Å². The zero-order chi connectivity index (χ0) is 46.0. The minimum atomic E-state index is -4.65. The standard InChI is InChI=1S/C47H35Cl2N5O10S/c48-38-17-8-29(18-39(38)49)26-63-36-15-13-32(14-16-36)44-46(56)51-40-20-33-21-42(53(25-34(33)22-43(40)64-44)65(61,62)37-3-1-2-35(23-37)54(59)60)45(55)52-41(47(57)58)19-27-4-9-30(10-5-27)31-11-6-28(24-50)7-12-31/h1-18,20,22-23,41-42,44H,19,21,25-26H2,(H,51,56)(H,52,55)(H,57,58)/t41?,42-,44-/m0/s1. The molecule has 0 aliphatic carbocycles. The van der Waals surface area contributed by atoms with E-state index in [1.165, 1.54) is 12.1 Å². The predicted octanol–water partition coefficient (Wildman–Crippen LogP) is 8.02. The fourth-order valence-corrected chi connectivity index (χ4v) is 9.49. The number of benzene rings is 6. The number of anilines is 1. The van der Waals surface area contributed by atoms with Gasteiger partial charge >= 0.3 is 5.97 Å². The average molecular weight is 933 g/mol. The normalized spacial score (nSPS) is 16.1. The Morgan fingerprint density at radius 1 is 0.923 bits per heavy atom. The second-order valence-corrected chi connectivity index (χ2v) is 17.9. The van der Waals surface area contributed by atoms with Crippen LogP contribution in [0.2, 0.25) is 10.0 Å². The second-order valence-electron chi connectivity index (χ2n) is 15.2. The number of carbonyl (C=O) groups excluding carboxylic acids is 2. The first-order valence-electron chi connectivity index (χ1n) is 19.9. The van der Waals surface area contributed by atoms with Gasteiger partial charge in [0.1, 0.15) is 30.2 Å². The van der Waals surface area contributed by atoms with E-state index < -0.39 is 68.0 Å². The first-order valence-corrected chi connectivity index (χ1v) is 22.1. The first-order chi connectivity index (χ1) is 31.2. The van der Waals surface area contributed by atoms with Crippen molar-refractivity contribution in [3.63, 3.8) is 0 Å². The molecule has 2 aliphatic heterocycles. The van der Waals surface area contributed by atoms with Gasteiger partial charge < -0.3 is 25.2 Å². The molecular weight excluding hydrogens is 898 g/mol. The van der Waals surface area contributed by atoms with E-state index in [1.54, 1.807) is 103 Å². The van der Waals surface area contributed by atoms with Crippen molar-refractivity contribution in [2.75, 3.05) is 5.32 Å². The van der Waals surface area contributed by atoms with Crippen LogP contribution in [0.15, 0.2) is 132 Å². The van der Waals surface area contributed by atoms with Crippen molar-refractivity contribution in [3.8, 4) is 28.7 Å². The van der Waals surface area contributed by atoms with Crippen LogP contribution in [0.3, 0.4) is 0 Å². The fraction of sp³-hybridized carbons (Fsp3) is 0.149. The third-order valence-electron chi connectivity index (χ3n) is 11.0. The number of sulfonamides is 1. The Kier molecular flexibility index (Phi) is 12.6. The highest BCUT2D eigenvalue weighted by molar-refractivity contribution is 7.89. The number of halogens is 2. The lowest BCUT2D eigenvalue weighted by Crippen LogP contribution is -2.55. The summed E-state index contributed by atoms with van der Waals surface area (Å²) in [6.45, 7) is -0.198. The third-order valence-corrected chi connectivity index (χ3v) is 13.6. The van der Waals surface area contributed by atoms with Crippen LogP contribution in [-0.2, 0) is 50.4 Å². The summed E-state index contributed by atoms with van der Waals surface area (Å²) in [6, 6.07) is 32.4. The van der Waals surface area contributed by atoms with Crippen molar-refractivity contribution in [3.05, 3.63) is 181 Å². The summed E-state index contributed by atoms with van der Waals surface area (Å²) < 4.78 is 41.8. The maximum absolute atomic E-state index is 14.4. The largest absolute Gasteiger partial charge is 0.489 e. The maximum atomic E-state index is 14.4. The molecule has 0 saturated heterocycles. The number of nitrogens with one attached hydrogen (secondary N) is 2. The first kappa shape index (κ1) is 44.3. The summed E-state index contributed by atoms with van der Waals surface area (Å²) in [5.74, 6) is -2.05. The molecule has 0 aromatic heterocycles. The molecule has 1 unspecified atom stereocenters. The molecule has 65 heavy (non-hydrogen) atoms. The number of aliphatic carboxylic acids is 1. The summed E-state index contributed by atoms with van der Waals surface area (Å²) in [4.78, 5) is 50.8. The Morgan fingerprint density at radius 3 is 2.28 bits per heavy atom.